The molecule has 0 N–H and O–H groups in total. The van der Waals surface area contributed by atoms with E-state index in [1.165, 1.54) is 12.5 Å². The number of ether oxygens (including phenoxy) is 1. The van der Waals surface area contributed by atoms with Crippen LogP contribution in [0, 0.1) is 5.92 Å². The number of carbonyl (C=O) groups is 2. The third-order valence-corrected chi connectivity index (χ3v) is 3.60. The Labute approximate surface area is 131 Å². The van der Waals surface area contributed by atoms with Crippen molar-refractivity contribution in [3.8, 4) is 0 Å². The van der Waals surface area contributed by atoms with Gasteiger partial charge in [0.1, 0.15) is 6.26 Å². The minimum atomic E-state index is -0.0859. The molecule has 6 nitrogen and oxygen atoms in total. The monoisotopic (exact) mass is 308 g/mol. The second-order valence-electron chi connectivity index (χ2n) is 5.90. The third kappa shape index (κ3) is 4.59. The highest BCUT2D eigenvalue weighted by Gasteiger charge is 2.21. The first-order valence-electron chi connectivity index (χ1n) is 7.75. The van der Waals surface area contributed by atoms with Crippen molar-refractivity contribution >= 4 is 11.8 Å². The van der Waals surface area contributed by atoms with E-state index < -0.39 is 0 Å². The molecule has 1 aromatic rings. The first-order chi connectivity index (χ1) is 10.6. The van der Waals surface area contributed by atoms with Crippen LogP contribution < -0.4 is 0 Å². The molecule has 2 amide bonds. The van der Waals surface area contributed by atoms with Crippen LogP contribution in [0.1, 0.15) is 30.6 Å². The van der Waals surface area contributed by atoms with E-state index in [1.54, 1.807) is 15.9 Å². The highest BCUT2D eigenvalue weighted by atomic mass is 16.5. The molecule has 0 aromatic carbocycles. The number of furan rings is 1. The molecule has 0 unspecified atom stereocenters. The van der Waals surface area contributed by atoms with E-state index in [2.05, 4.69) is 13.8 Å². The lowest BCUT2D eigenvalue weighted by Gasteiger charge is -2.29. The quantitative estimate of drug-likeness (QED) is 0.801. The van der Waals surface area contributed by atoms with Crippen molar-refractivity contribution in [1.82, 2.24) is 9.80 Å². The highest BCUT2D eigenvalue weighted by molar-refractivity contribution is 5.94. The topological polar surface area (TPSA) is 63.0 Å². The van der Waals surface area contributed by atoms with Crippen molar-refractivity contribution in [2.75, 3.05) is 39.4 Å². The van der Waals surface area contributed by atoms with Gasteiger partial charge in [0, 0.05) is 32.6 Å². The highest BCUT2D eigenvalue weighted by Crippen LogP contribution is 2.10. The summed E-state index contributed by atoms with van der Waals surface area (Å²) in [5.74, 6) is 0.337. The molecule has 0 radical (unpaired) electrons. The molecule has 122 valence electrons. The zero-order valence-electron chi connectivity index (χ0n) is 13.3. The van der Waals surface area contributed by atoms with Gasteiger partial charge in [-0.05, 0) is 12.0 Å². The Morgan fingerprint density at radius 1 is 1.32 bits per heavy atom. The Morgan fingerprint density at radius 3 is 2.64 bits per heavy atom. The molecule has 1 aliphatic heterocycles. The molecule has 1 aliphatic rings. The fourth-order valence-corrected chi connectivity index (χ4v) is 2.49. The van der Waals surface area contributed by atoms with Crippen LogP contribution in [0.15, 0.2) is 23.0 Å². The summed E-state index contributed by atoms with van der Waals surface area (Å²) in [6.45, 7) is 7.62. The second-order valence-corrected chi connectivity index (χ2v) is 5.90. The Hall–Kier alpha value is -1.82. The lowest BCUT2D eigenvalue weighted by atomic mass is 10.1. The molecule has 0 saturated carbocycles. The summed E-state index contributed by atoms with van der Waals surface area (Å²) in [5, 5.41) is 0. The predicted octanol–water partition coefficient (Wildman–Crippen LogP) is 1.63. The minimum absolute atomic E-state index is 0.0806. The summed E-state index contributed by atoms with van der Waals surface area (Å²) >= 11 is 0. The number of nitrogens with zero attached hydrogens (tertiary/aromatic N) is 2. The first kappa shape index (κ1) is 16.5. The van der Waals surface area contributed by atoms with Gasteiger partial charge in [0.25, 0.3) is 5.91 Å². The van der Waals surface area contributed by atoms with Gasteiger partial charge in [-0.2, -0.15) is 0 Å². The number of hydrogen-bond donors (Lipinski definition) is 0. The Morgan fingerprint density at radius 2 is 2.05 bits per heavy atom. The van der Waals surface area contributed by atoms with E-state index in [-0.39, 0.29) is 11.8 Å². The van der Waals surface area contributed by atoms with E-state index >= 15 is 0 Å². The normalized spacial score (nSPS) is 15.1. The molecule has 2 rings (SSSR count). The van der Waals surface area contributed by atoms with Gasteiger partial charge >= 0.3 is 0 Å². The fourth-order valence-electron chi connectivity index (χ4n) is 2.49. The van der Waals surface area contributed by atoms with Gasteiger partial charge in [0.05, 0.1) is 25.0 Å². The predicted molar refractivity (Wildman–Crippen MR) is 81.5 cm³/mol. The van der Waals surface area contributed by atoms with Crippen LogP contribution in [0.25, 0.3) is 0 Å². The van der Waals surface area contributed by atoms with Crippen molar-refractivity contribution in [2.24, 2.45) is 5.92 Å². The van der Waals surface area contributed by atoms with Gasteiger partial charge in [-0.25, -0.2) is 0 Å². The van der Waals surface area contributed by atoms with Crippen molar-refractivity contribution in [3.63, 3.8) is 0 Å². The van der Waals surface area contributed by atoms with Crippen LogP contribution in [-0.4, -0.2) is 61.0 Å². The molecule has 0 atom stereocenters. The van der Waals surface area contributed by atoms with E-state index in [0.717, 1.165) is 0 Å². The Kier molecular flexibility index (Phi) is 6.00. The van der Waals surface area contributed by atoms with Crippen molar-refractivity contribution < 1.29 is 18.7 Å². The molecule has 22 heavy (non-hydrogen) atoms. The van der Waals surface area contributed by atoms with Gasteiger partial charge in [-0.3, -0.25) is 9.59 Å². The standard InChI is InChI=1S/C16H24N2O4/c1-13(2)11-18(16(20)14-4-8-22-12-14)5-3-15(19)17-6-9-21-10-7-17/h4,8,12-13H,3,5-7,9-11H2,1-2H3. The van der Waals surface area contributed by atoms with E-state index in [1.807, 2.05) is 0 Å². The van der Waals surface area contributed by atoms with E-state index in [4.69, 9.17) is 9.15 Å². The van der Waals surface area contributed by atoms with E-state index in [9.17, 15) is 9.59 Å². The molecular formula is C16H24N2O4. The molecule has 1 saturated heterocycles. The Balaban J connectivity index is 1.91. The summed E-state index contributed by atoms with van der Waals surface area (Å²) in [7, 11) is 0. The summed E-state index contributed by atoms with van der Waals surface area (Å²) in [6, 6.07) is 1.65. The lowest BCUT2D eigenvalue weighted by Crippen LogP contribution is -2.43. The number of hydrogen-bond acceptors (Lipinski definition) is 4. The summed E-state index contributed by atoms with van der Waals surface area (Å²) in [5.41, 5.74) is 0.527. The fraction of sp³-hybridized carbons (Fsp3) is 0.625. The van der Waals surface area contributed by atoms with Crippen LogP contribution in [0.2, 0.25) is 0 Å². The number of carbonyl (C=O) groups excluding carboxylic acids is 2. The summed E-state index contributed by atoms with van der Waals surface area (Å²) < 4.78 is 10.2. The van der Waals surface area contributed by atoms with Crippen LogP contribution in [0.3, 0.4) is 0 Å². The number of amides is 2. The van der Waals surface area contributed by atoms with Crippen molar-refractivity contribution in [2.45, 2.75) is 20.3 Å². The maximum atomic E-state index is 12.5. The zero-order chi connectivity index (χ0) is 15.9. The molecular weight excluding hydrogens is 284 g/mol. The molecule has 2 heterocycles. The largest absolute Gasteiger partial charge is 0.472 e. The second kappa shape index (κ2) is 7.98. The zero-order valence-corrected chi connectivity index (χ0v) is 13.3. The molecule has 0 bridgehead atoms. The van der Waals surface area contributed by atoms with Crippen molar-refractivity contribution in [1.29, 1.82) is 0 Å². The lowest BCUT2D eigenvalue weighted by molar-refractivity contribution is -0.135. The van der Waals surface area contributed by atoms with Crippen LogP contribution in [-0.2, 0) is 9.53 Å². The maximum absolute atomic E-state index is 12.5. The third-order valence-electron chi connectivity index (χ3n) is 3.60. The SMILES string of the molecule is CC(C)CN(CCC(=O)N1CCOCC1)C(=O)c1ccoc1. The van der Waals surface area contributed by atoms with Gasteiger partial charge in [-0.15, -0.1) is 0 Å². The van der Waals surface area contributed by atoms with Crippen LogP contribution in [0.5, 0.6) is 0 Å². The maximum Gasteiger partial charge on any atom is 0.257 e. The van der Waals surface area contributed by atoms with Gasteiger partial charge in [0.15, 0.2) is 0 Å². The van der Waals surface area contributed by atoms with E-state index in [0.29, 0.717) is 57.3 Å². The molecule has 1 fully saturated rings. The van der Waals surface area contributed by atoms with Gasteiger partial charge < -0.3 is 19.0 Å². The van der Waals surface area contributed by atoms with Crippen LogP contribution >= 0.6 is 0 Å². The number of rotatable bonds is 6. The summed E-state index contributed by atoms with van der Waals surface area (Å²) in [6.07, 6.45) is 3.27. The molecule has 0 spiro atoms. The van der Waals surface area contributed by atoms with Crippen LogP contribution in [0.4, 0.5) is 0 Å². The smallest absolute Gasteiger partial charge is 0.257 e. The average molecular weight is 308 g/mol. The molecule has 6 heteroatoms. The van der Waals surface area contributed by atoms with Crippen molar-refractivity contribution in [3.05, 3.63) is 24.2 Å². The number of morpholine rings is 1. The average Bonchev–Trinajstić information content (AvgIpc) is 3.05. The van der Waals surface area contributed by atoms with Gasteiger partial charge in [-0.1, -0.05) is 13.8 Å². The first-order valence-corrected chi connectivity index (χ1v) is 7.75. The Bertz CT molecular complexity index is 478. The molecule has 0 aliphatic carbocycles. The van der Waals surface area contributed by atoms with Gasteiger partial charge in [0.2, 0.25) is 5.91 Å². The summed E-state index contributed by atoms with van der Waals surface area (Å²) in [4.78, 5) is 28.2. The molecule has 1 aromatic heterocycles. The minimum Gasteiger partial charge on any atom is -0.472 e.